The fraction of sp³-hybridized carbons (Fsp3) is 0.296. The fourth-order valence-electron chi connectivity index (χ4n) is 6.01. The van der Waals surface area contributed by atoms with Crippen LogP contribution in [0, 0.1) is 5.41 Å². The maximum absolute atomic E-state index is 13.2. The van der Waals surface area contributed by atoms with E-state index in [1.54, 1.807) is 0 Å². The van der Waals surface area contributed by atoms with Crippen molar-refractivity contribution in [3.05, 3.63) is 59.7 Å². The molecule has 1 amide bonds. The van der Waals surface area contributed by atoms with E-state index in [0.717, 1.165) is 54.7 Å². The van der Waals surface area contributed by atoms with Crippen molar-refractivity contribution in [1.82, 2.24) is 14.9 Å². The zero-order valence-corrected chi connectivity index (χ0v) is 18.6. The Kier molecular flexibility index (Phi) is 3.70. The van der Waals surface area contributed by atoms with Gasteiger partial charge in [-0.15, -0.1) is 0 Å². The molecule has 4 heterocycles. The summed E-state index contributed by atoms with van der Waals surface area (Å²) in [6, 6.07) is 16.5. The fourth-order valence-corrected chi connectivity index (χ4v) is 6.01. The third kappa shape index (κ3) is 2.32. The summed E-state index contributed by atoms with van der Waals surface area (Å²) in [5, 5.41) is 17.4. The number of carbonyl (C=O) groups is 1. The Morgan fingerprint density at radius 2 is 1.88 bits per heavy atom. The van der Waals surface area contributed by atoms with E-state index in [1.807, 2.05) is 31.2 Å². The zero-order valence-electron chi connectivity index (χ0n) is 18.6. The van der Waals surface area contributed by atoms with Gasteiger partial charge in [0.1, 0.15) is 6.23 Å². The first-order valence-corrected chi connectivity index (χ1v) is 11.5. The normalized spacial score (nSPS) is 25.0. The number of para-hydroxylation sites is 2. The van der Waals surface area contributed by atoms with Gasteiger partial charge in [-0.05, 0) is 24.6 Å². The first-order valence-electron chi connectivity index (χ1n) is 11.5. The molecule has 0 aliphatic carbocycles. The average Bonchev–Trinajstić information content (AvgIpc) is 3.55. The second kappa shape index (κ2) is 6.37. The predicted molar refractivity (Wildman–Crippen MR) is 129 cm³/mol. The van der Waals surface area contributed by atoms with Crippen molar-refractivity contribution < 1.29 is 14.6 Å². The van der Waals surface area contributed by atoms with Crippen LogP contribution in [0.3, 0.4) is 0 Å². The summed E-state index contributed by atoms with van der Waals surface area (Å²) < 4.78 is 8.74. The van der Waals surface area contributed by atoms with Crippen molar-refractivity contribution in [2.75, 3.05) is 6.61 Å². The molecule has 1 saturated heterocycles. The molecular formula is C27H25N3O3. The van der Waals surface area contributed by atoms with Crippen LogP contribution in [0.1, 0.15) is 42.4 Å². The van der Waals surface area contributed by atoms with E-state index in [9.17, 15) is 9.90 Å². The minimum atomic E-state index is -0.323. The highest BCUT2D eigenvalue weighted by molar-refractivity contribution is 6.30. The smallest absolute Gasteiger partial charge is 0.252 e. The summed E-state index contributed by atoms with van der Waals surface area (Å²) in [4.78, 5) is 16.8. The molecule has 6 heteroatoms. The lowest BCUT2D eigenvalue weighted by atomic mass is 9.84. The van der Waals surface area contributed by atoms with Crippen molar-refractivity contribution in [2.24, 2.45) is 5.41 Å². The molecule has 5 aromatic rings. The van der Waals surface area contributed by atoms with Gasteiger partial charge in [0, 0.05) is 45.4 Å². The standard InChI is InChI=1S/C27H25N3O3/c1-14-27(2,13-31)11-20(33-14)30-19-10-6-4-8-16(19)22-23-17(12-28-26(23)32)21-15-7-3-5-9-18(15)29-24(21)25(22)30/h3-10,14,20,29,31H,11-13H2,1-2H3,(H,28,32)/t14-,20+,27+/m0/s1. The number of ether oxygens (including phenoxy) is 1. The van der Waals surface area contributed by atoms with Crippen LogP contribution < -0.4 is 5.32 Å². The van der Waals surface area contributed by atoms with Crippen LogP contribution in [0.2, 0.25) is 0 Å². The van der Waals surface area contributed by atoms with Crippen LogP contribution in [0.25, 0.3) is 43.6 Å². The van der Waals surface area contributed by atoms with Gasteiger partial charge in [0.05, 0.1) is 34.8 Å². The van der Waals surface area contributed by atoms with E-state index >= 15 is 0 Å². The van der Waals surface area contributed by atoms with Gasteiger partial charge in [-0.1, -0.05) is 43.3 Å². The number of benzene rings is 3. The van der Waals surface area contributed by atoms with E-state index < -0.39 is 0 Å². The van der Waals surface area contributed by atoms with Crippen LogP contribution in [-0.4, -0.2) is 33.3 Å². The van der Waals surface area contributed by atoms with Gasteiger partial charge in [-0.25, -0.2) is 0 Å². The maximum Gasteiger partial charge on any atom is 0.252 e. The lowest BCUT2D eigenvalue weighted by Crippen LogP contribution is -2.28. The molecule has 3 N–H and O–H groups in total. The largest absolute Gasteiger partial charge is 0.396 e. The Morgan fingerprint density at radius 3 is 2.67 bits per heavy atom. The molecule has 7 rings (SSSR count). The molecule has 0 unspecified atom stereocenters. The maximum atomic E-state index is 13.2. The SMILES string of the molecule is C[C@@H]1O[C@@H](n2c3ccccc3c3c4c(c5c6ccccc6[nH]c5c32)CNC4=O)C[C@]1(C)CO. The number of aromatic amines is 1. The van der Waals surface area contributed by atoms with Crippen molar-refractivity contribution in [3.63, 3.8) is 0 Å². The number of aromatic nitrogens is 2. The number of aliphatic hydroxyl groups is 1. The minimum Gasteiger partial charge on any atom is -0.396 e. The molecule has 33 heavy (non-hydrogen) atoms. The molecule has 2 aliphatic rings. The summed E-state index contributed by atoms with van der Waals surface area (Å²) in [5.41, 5.74) is 5.64. The van der Waals surface area contributed by atoms with Crippen molar-refractivity contribution in [2.45, 2.75) is 39.1 Å². The molecule has 2 aliphatic heterocycles. The number of hydrogen-bond donors (Lipinski definition) is 3. The topological polar surface area (TPSA) is 79.3 Å². The number of rotatable bonds is 2. The van der Waals surface area contributed by atoms with Gasteiger partial charge in [0.2, 0.25) is 0 Å². The number of nitrogens with one attached hydrogen (secondary N) is 2. The average molecular weight is 440 g/mol. The third-order valence-corrected chi connectivity index (χ3v) is 7.99. The number of carbonyl (C=O) groups excluding carboxylic acids is 1. The second-order valence-electron chi connectivity index (χ2n) is 9.82. The van der Waals surface area contributed by atoms with Crippen LogP contribution >= 0.6 is 0 Å². The van der Waals surface area contributed by atoms with Crippen LogP contribution in [0.15, 0.2) is 48.5 Å². The van der Waals surface area contributed by atoms with Gasteiger partial charge in [-0.3, -0.25) is 4.79 Å². The van der Waals surface area contributed by atoms with Gasteiger partial charge in [0.15, 0.2) is 0 Å². The van der Waals surface area contributed by atoms with Gasteiger partial charge < -0.3 is 24.7 Å². The molecule has 166 valence electrons. The highest BCUT2D eigenvalue weighted by atomic mass is 16.5. The van der Waals surface area contributed by atoms with E-state index in [1.165, 1.54) is 0 Å². The molecule has 0 radical (unpaired) electrons. The Balaban J connectivity index is 1.70. The third-order valence-electron chi connectivity index (χ3n) is 7.99. The van der Waals surface area contributed by atoms with E-state index in [4.69, 9.17) is 4.74 Å². The quantitative estimate of drug-likeness (QED) is 0.363. The number of amides is 1. The van der Waals surface area contributed by atoms with Crippen molar-refractivity contribution in [1.29, 1.82) is 0 Å². The number of aliphatic hydroxyl groups excluding tert-OH is 1. The summed E-state index contributed by atoms with van der Waals surface area (Å²) in [6.07, 6.45) is 0.375. The Hall–Kier alpha value is -3.35. The molecule has 3 atom stereocenters. The summed E-state index contributed by atoms with van der Waals surface area (Å²) in [5.74, 6) is -0.0222. The van der Waals surface area contributed by atoms with Gasteiger partial charge in [0.25, 0.3) is 5.91 Å². The molecule has 0 saturated carbocycles. The van der Waals surface area contributed by atoms with E-state index in [2.05, 4.69) is 46.1 Å². The molecule has 1 fully saturated rings. The molecule has 3 aromatic carbocycles. The minimum absolute atomic E-state index is 0.0222. The highest BCUT2D eigenvalue weighted by Crippen LogP contribution is 2.49. The first-order chi connectivity index (χ1) is 16.0. The Bertz CT molecular complexity index is 1630. The van der Waals surface area contributed by atoms with Crippen molar-refractivity contribution in [3.8, 4) is 0 Å². The first kappa shape index (κ1) is 19.1. The van der Waals surface area contributed by atoms with E-state index in [-0.39, 0.29) is 30.3 Å². The zero-order chi connectivity index (χ0) is 22.5. The summed E-state index contributed by atoms with van der Waals surface area (Å²) >= 11 is 0. The molecule has 0 spiro atoms. The number of nitrogens with zero attached hydrogens (tertiary/aromatic N) is 1. The lowest BCUT2D eigenvalue weighted by Gasteiger charge is -2.23. The predicted octanol–water partition coefficient (Wildman–Crippen LogP) is 4.98. The molecule has 0 bridgehead atoms. The number of fused-ring (bicyclic) bond motifs is 10. The number of H-pyrrole nitrogens is 1. The Morgan fingerprint density at radius 1 is 1.12 bits per heavy atom. The monoisotopic (exact) mass is 439 g/mol. The highest BCUT2D eigenvalue weighted by Gasteiger charge is 2.44. The molecule has 6 nitrogen and oxygen atoms in total. The van der Waals surface area contributed by atoms with Gasteiger partial charge >= 0.3 is 0 Å². The summed E-state index contributed by atoms with van der Waals surface area (Å²) in [7, 11) is 0. The Labute approximate surface area is 190 Å². The molecule has 2 aromatic heterocycles. The summed E-state index contributed by atoms with van der Waals surface area (Å²) in [6.45, 7) is 4.71. The second-order valence-corrected chi connectivity index (χ2v) is 9.82. The lowest BCUT2D eigenvalue weighted by molar-refractivity contribution is -0.0117. The van der Waals surface area contributed by atoms with Crippen LogP contribution in [0.5, 0.6) is 0 Å². The van der Waals surface area contributed by atoms with Crippen LogP contribution in [-0.2, 0) is 11.3 Å². The van der Waals surface area contributed by atoms with E-state index in [0.29, 0.717) is 13.0 Å². The molecular weight excluding hydrogens is 414 g/mol. The van der Waals surface area contributed by atoms with Crippen molar-refractivity contribution >= 4 is 49.5 Å². The number of hydrogen-bond acceptors (Lipinski definition) is 3. The van der Waals surface area contributed by atoms with Crippen LogP contribution in [0.4, 0.5) is 0 Å². The van der Waals surface area contributed by atoms with Gasteiger partial charge in [-0.2, -0.15) is 0 Å².